The van der Waals surface area contributed by atoms with Crippen LogP contribution < -0.4 is 20.5 Å². The maximum Gasteiger partial charge on any atom is 0.219 e. The first kappa shape index (κ1) is 17.3. The van der Waals surface area contributed by atoms with E-state index in [0.717, 1.165) is 24.2 Å². The molecule has 21 heavy (non-hydrogen) atoms. The number of amides is 1. The van der Waals surface area contributed by atoms with Crippen LogP contribution in [0.5, 0.6) is 11.5 Å². The second-order valence-electron chi connectivity index (χ2n) is 4.95. The third kappa shape index (κ3) is 5.63. The molecule has 1 aromatic carbocycles. The average molecular weight is 294 g/mol. The van der Waals surface area contributed by atoms with Gasteiger partial charge in [-0.1, -0.05) is 19.1 Å². The van der Waals surface area contributed by atoms with Crippen LogP contribution in [0, 0.1) is 0 Å². The summed E-state index contributed by atoms with van der Waals surface area (Å²) in [7, 11) is 3.25. The zero-order chi connectivity index (χ0) is 15.7. The number of benzene rings is 1. The molecule has 0 aliphatic heterocycles. The van der Waals surface area contributed by atoms with E-state index in [4.69, 9.17) is 15.2 Å². The Morgan fingerprint density at radius 2 is 2.19 bits per heavy atom. The van der Waals surface area contributed by atoms with Gasteiger partial charge < -0.3 is 20.5 Å². The Kier molecular flexibility index (Phi) is 7.61. The summed E-state index contributed by atoms with van der Waals surface area (Å²) in [5.74, 6) is 1.46. The van der Waals surface area contributed by atoms with E-state index in [1.165, 1.54) is 0 Å². The summed E-state index contributed by atoms with van der Waals surface area (Å²) in [5, 5.41) is 2.60. The van der Waals surface area contributed by atoms with Gasteiger partial charge in [0, 0.05) is 19.5 Å². The molecule has 1 amide bonds. The predicted molar refractivity (Wildman–Crippen MR) is 83.8 cm³/mol. The lowest BCUT2D eigenvalue weighted by atomic mass is 10.0. The summed E-state index contributed by atoms with van der Waals surface area (Å²) < 4.78 is 11.2. The molecule has 1 rings (SSSR count). The normalized spacial score (nSPS) is 11.8. The minimum Gasteiger partial charge on any atom is -0.493 e. The van der Waals surface area contributed by atoms with Crippen molar-refractivity contribution in [2.45, 2.75) is 38.6 Å². The topological polar surface area (TPSA) is 73.6 Å². The van der Waals surface area contributed by atoms with Gasteiger partial charge in [0.05, 0.1) is 13.7 Å². The molecule has 0 spiro atoms. The van der Waals surface area contributed by atoms with Crippen molar-refractivity contribution in [2.24, 2.45) is 5.73 Å². The SMILES string of the molecule is CCC(N)Cc1cccc(OC)c1OCCCC(=O)NC. The molecule has 0 fully saturated rings. The van der Waals surface area contributed by atoms with E-state index in [9.17, 15) is 4.79 Å². The number of carbonyl (C=O) groups excluding carboxylic acids is 1. The Hall–Kier alpha value is -1.75. The molecule has 118 valence electrons. The molecule has 5 nitrogen and oxygen atoms in total. The smallest absolute Gasteiger partial charge is 0.219 e. The van der Waals surface area contributed by atoms with Gasteiger partial charge in [0.2, 0.25) is 5.91 Å². The monoisotopic (exact) mass is 294 g/mol. The molecule has 3 N–H and O–H groups in total. The van der Waals surface area contributed by atoms with Crippen LogP contribution in [0.15, 0.2) is 18.2 Å². The van der Waals surface area contributed by atoms with Crippen LogP contribution in [0.1, 0.15) is 31.7 Å². The molecule has 0 heterocycles. The fourth-order valence-corrected chi connectivity index (χ4v) is 2.01. The highest BCUT2D eigenvalue weighted by atomic mass is 16.5. The van der Waals surface area contributed by atoms with Crippen molar-refractivity contribution in [2.75, 3.05) is 20.8 Å². The number of nitrogens with two attached hydrogens (primary N) is 1. The Balaban J connectivity index is 2.70. The fraction of sp³-hybridized carbons (Fsp3) is 0.562. The fourth-order valence-electron chi connectivity index (χ4n) is 2.01. The summed E-state index contributed by atoms with van der Waals surface area (Å²) >= 11 is 0. The van der Waals surface area contributed by atoms with Gasteiger partial charge in [0.25, 0.3) is 0 Å². The molecule has 0 aliphatic rings. The Morgan fingerprint density at radius 1 is 1.43 bits per heavy atom. The van der Waals surface area contributed by atoms with Crippen molar-refractivity contribution in [1.29, 1.82) is 0 Å². The predicted octanol–water partition coefficient (Wildman–Crippen LogP) is 1.88. The van der Waals surface area contributed by atoms with Crippen LogP contribution in [0.3, 0.4) is 0 Å². The number of methoxy groups -OCH3 is 1. The summed E-state index contributed by atoms with van der Waals surface area (Å²) in [6, 6.07) is 5.92. The number of carbonyl (C=O) groups is 1. The third-order valence-electron chi connectivity index (χ3n) is 3.36. The van der Waals surface area contributed by atoms with Gasteiger partial charge in [0.1, 0.15) is 0 Å². The number of hydrogen-bond donors (Lipinski definition) is 2. The van der Waals surface area contributed by atoms with Gasteiger partial charge in [0.15, 0.2) is 11.5 Å². The van der Waals surface area contributed by atoms with E-state index in [1.807, 2.05) is 18.2 Å². The lowest BCUT2D eigenvalue weighted by Crippen LogP contribution is -2.22. The van der Waals surface area contributed by atoms with Crippen molar-refractivity contribution in [3.8, 4) is 11.5 Å². The van der Waals surface area contributed by atoms with Gasteiger partial charge in [-0.05, 0) is 30.9 Å². The number of hydrogen-bond acceptors (Lipinski definition) is 4. The Bertz CT molecular complexity index is 449. The first-order chi connectivity index (χ1) is 10.1. The Morgan fingerprint density at radius 3 is 2.81 bits per heavy atom. The van der Waals surface area contributed by atoms with E-state index in [1.54, 1.807) is 14.2 Å². The average Bonchev–Trinajstić information content (AvgIpc) is 2.51. The molecule has 0 aliphatic carbocycles. The molecule has 0 aromatic heterocycles. The van der Waals surface area contributed by atoms with Gasteiger partial charge in [-0.25, -0.2) is 0 Å². The lowest BCUT2D eigenvalue weighted by Gasteiger charge is -2.17. The second-order valence-corrected chi connectivity index (χ2v) is 4.95. The molecule has 1 aromatic rings. The van der Waals surface area contributed by atoms with Gasteiger partial charge >= 0.3 is 0 Å². The Labute approximate surface area is 126 Å². The van der Waals surface area contributed by atoms with Crippen LogP contribution >= 0.6 is 0 Å². The molecule has 0 saturated heterocycles. The van der Waals surface area contributed by atoms with E-state index < -0.39 is 0 Å². The minimum atomic E-state index is 0.0202. The standard InChI is InChI=1S/C16H26N2O3/c1-4-13(17)11-12-7-5-8-14(20-3)16(12)21-10-6-9-15(19)18-2/h5,7-8,13H,4,6,9-11,17H2,1-3H3,(H,18,19). The van der Waals surface area contributed by atoms with Crippen LogP contribution in [0.4, 0.5) is 0 Å². The second kappa shape index (κ2) is 9.23. The zero-order valence-electron chi connectivity index (χ0n) is 13.1. The van der Waals surface area contributed by atoms with Crippen LogP contribution in [0.25, 0.3) is 0 Å². The van der Waals surface area contributed by atoms with E-state index in [2.05, 4.69) is 12.2 Å². The maximum absolute atomic E-state index is 11.2. The van der Waals surface area contributed by atoms with E-state index >= 15 is 0 Å². The van der Waals surface area contributed by atoms with Gasteiger partial charge in [-0.15, -0.1) is 0 Å². The zero-order valence-corrected chi connectivity index (χ0v) is 13.1. The molecule has 5 heteroatoms. The summed E-state index contributed by atoms with van der Waals surface area (Å²) in [6.45, 7) is 2.54. The van der Waals surface area contributed by atoms with Crippen molar-refractivity contribution in [1.82, 2.24) is 5.32 Å². The number of nitrogens with one attached hydrogen (secondary N) is 1. The largest absolute Gasteiger partial charge is 0.493 e. The van der Waals surface area contributed by atoms with Crippen molar-refractivity contribution >= 4 is 5.91 Å². The highest BCUT2D eigenvalue weighted by molar-refractivity contribution is 5.75. The van der Waals surface area contributed by atoms with Crippen molar-refractivity contribution in [3.05, 3.63) is 23.8 Å². The van der Waals surface area contributed by atoms with Gasteiger partial charge in [-0.2, -0.15) is 0 Å². The molecule has 0 saturated carbocycles. The van der Waals surface area contributed by atoms with E-state index in [-0.39, 0.29) is 11.9 Å². The van der Waals surface area contributed by atoms with Crippen LogP contribution in [-0.2, 0) is 11.2 Å². The van der Waals surface area contributed by atoms with Crippen LogP contribution in [-0.4, -0.2) is 32.7 Å². The summed E-state index contributed by atoms with van der Waals surface area (Å²) in [4.78, 5) is 11.2. The quantitative estimate of drug-likeness (QED) is 0.682. The molecule has 0 radical (unpaired) electrons. The minimum absolute atomic E-state index is 0.0202. The highest BCUT2D eigenvalue weighted by Gasteiger charge is 2.13. The van der Waals surface area contributed by atoms with Crippen molar-refractivity contribution in [3.63, 3.8) is 0 Å². The van der Waals surface area contributed by atoms with Crippen LogP contribution in [0.2, 0.25) is 0 Å². The van der Waals surface area contributed by atoms with E-state index in [0.29, 0.717) is 25.2 Å². The molecular formula is C16H26N2O3. The third-order valence-corrected chi connectivity index (χ3v) is 3.36. The highest BCUT2D eigenvalue weighted by Crippen LogP contribution is 2.32. The summed E-state index contributed by atoms with van der Waals surface area (Å²) in [6.07, 6.45) is 2.78. The maximum atomic E-state index is 11.2. The van der Waals surface area contributed by atoms with Crippen molar-refractivity contribution < 1.29 is 14.3 Å². The number of para-hydroxylation sites is 1. The number of ether oxygens (including phenoxy) is 2. The van der Waals surface area contributed by atoms with Gasteiger partial charge in [-0.3, -0.25) is 4.79 Å². The first-order valence-corrected chi connectivity index (χ1v) is 7.37. The molecule has 1 atom stereocenters. The molecule has 0 bridgehead atoms. The molecule has 1 unspecified atom stereocenters. The first-order valence-electron chi connectivity index (χ1n) is 7.37. The summed E-state index contributed by atoms with van der Waals surface area (Å²) in [5.41, 5.74) is 7.07. The number of rotatable bonds is 9. The lowest BCUT2D eigenvalue weighted by molar-refractivity contribution is -0.120. The molecular weight excluding hydrogens is 268 g/mol.